The average Bonchev–Trinajstić information content (AvgIpc) is 3.18. The van der Waals surface area contributed by atoms with E-state index in [-0.39, 0.29) is 18.9 Å². The molecule has 0 aromatic rings. The zero-order valence-electron chi connectivity index (χ0n) is 36.6. The molecule has 0 bridgehead atoms. The molecule has 5 heteroatoms. The molecular weight excluding hydrogens is 679 g/mol. The van der Waals surface area contributed by atoms with Gasteiger partial charge in [0.2, 0.25) is 5.91 Å². The van der Waals surface area contributed by atoms with Gasteiger partial charge >= 0.3 is 0 Å². The maximum atomic E-state index is 12.4. The number of carbonyl (C=O) groups is 1. The lowest BCUT2D eigenvalue weighted by Gasteiger charge is -2.21. The van der Waals surface area contributed by atoms with Crippen LogP contribution in [-0.4, -0.2) is 46.1 Å². The fraction of sp³-hybridized carbons (Fsp3) is 0.820. The van der Waals surface area contributed by atoms with Gasteiger partial charge < -0.3 is 20.6 Å². The topological polar surface area (TPSA) is 89.8 Å². The van der Waals surface area contributed by atoms with Gasteiger partial charge in [-0.1, -0.05) is 217 Å². The van der Waals surface area contributed by atoms with Crippen molar-refractivity contribution >= 4 is 5.91 Å². The molecule has 322 valence electrons. The van der Waals surface area contributed by atoms with E-state index < -0.39 is 18.2 Å². The first-order valence-corrected chi connectivity index (χ1v) is 23.9. The van der Waals surface area contributed by atoms with E-state index in [4.69, 9.17) is 0 Å². The number of rotatable bonds is 43. The van der Waals surface area contributed by atoms with Crippen LogP contribution < -0.4 is 5.32 Å². The Bertz CT molecular complexity index is 896. The van der Waals surface area contributed by atoms with Gasteiger partial charge in [-0.15, -0.1) is 0 Å². The predicted octanol–water partition coefficient (Wildman–Crippen LogP) is 14.1. The number of allylic oxidation sites excluding steroid dienone is 7. The van der Waals surface area contributed by atoms with Gasteiger partial charge in [-0.2, -0.15) is 0 Å². The van der Waals surface area contributed by atoms with E-state index in [1.54, 1.807) is 6.08 Å². The fourth-order valence-electron chi connectivity index (χ4n) is 7.20. The highest BCUT2D eigenvalue weighted by molar-refractivity contribution is 5.76. The molecule has 3 atom stereocenters. The lowest BCUT2D eigenvalue weighted by Crippen LogP contribution is -2.45. The fourth-order valence-corrected chi connectivity index (χ4v) is 7.20. The van der Waals surface area contributed by atoms with Crippen molar-refractivity contribution in [3.63, 3.8) is 0 Å². The first-order chi connectivity index (χ1) is 27.0. The van der Waals surface area contributed by atoms with Gasteiger partial charge in [0.1, 0.15) is 0 Å². The Morgan fingerprint density at radius 3 is 1.25 bits per heavy atom. The zero-order valence-corrected chi connectivity index (χ0v) is 36.6. The largest absolute Gasteiger partial charge is 0.394 e. The quantitative estimate of drug-likeness (QED) is 0.0367. The second kappa shape index (κ2) is 45.0. The van der Waals surface area contributed by atoms with Crippen molar-refractivity contribution in [2.24, 2.45) is 0 Å². The lowest BCUT2D eigenvalue weighted by molar-refractivity contribution is -0.124. The minimum absolute atomic E-state index is 0.00206. The highest BCUT2D eigenvalue weighted by Crippen LogP contribution is 2.16. The number of aliphatic hydroxyl groups excluding tert-OH is 3. The monoisotopic (exact) mass is 772 g/mol. The number of aliphatic hydroxyl groups is 3. The van der Waals surface area contributed by atoms with Crippen LogP contribution in [0.3, 0.4) is 0 Å². The molecule has 0 fully saturated rings. The molecular formula is C50H93NO4. The Kier molecular flexibility index (Phi) is 43.6. The van der Waals surface area contributed by atoms with Crippen molar-refractivity contribution in [3.05, 3.63) is 48.6 Å². The van der Waals surface area contributed by atoms with E-state index in [2.05, 4.69) is 55.6 Å². The van der Waals surface area contributed by atoms with E-state index in [1.165, 1.54) is 167 Å². The number of hydrogen-bond acceptors (Lipinski definition) is 4. The van der Waals surface area contributed by atoms with Crippen molar-refractivity contribution < 1.29 is 20.1 Å². The summed E-state index contributed by atoms with van der Waals surface area (Å²) >= 11 is 0. The Hall–Kier alpha value is -1.69. The van der Waals surface area contributed by atoms with Crippen LogP contribution in [0.2, 0.25) is 0 Å². The number of unbranched alkanes of at least 4 members (excludes halogenated alkanes) is 28. The molecule has 3 unspecified atom stereocenters. The van der Waals surface area contributed by atoms with Crippen LogP contribution in [0, 0.1) is 0 Å². The summed E-state index contributed by atoms with van der Waals surface area (Å²) in [7, 11) is 0. The Morgan fingerprint density at radius 2 is 0.836 bits per heavy atom. The summed E-state index contributed by atoms with van der Waals surface area (Å²) < 4.78 is 0. The van der Waals surface area contributed by atoms with Gasteiger partial charge in [-0.3, -0.25) is 4.79 Å². The van der Waals surface area contributed by atoms with Gasteiger partial charge in [-0.25, -0.2) is 0 Å². The molecule has 0 spiro atoms. The molecule has 0 aliphatic carbocycles. The van der Waals surface area contributed by atoms with Crippen LogP contribution >= 0.6 is 0 Å². The van der Waals surface area contributed by atoms with Crippen molar-refractivity contribution in [1.82, 2.24) is 5.32 Å². The molecule has 0 aliphatic heterocycles. The summed E-state index contributed by atoms with van der Waals surface area (Å²) in [5.74, 6) is -0.331. The van der Waals surface area contributed by atoms with Crippen LogP contribution in [0.4, 0.5) is 0 Å². The summed E-state index contributed by atoms with van der Waals surface area (Å²) in [5, 5.41) is 33.1. The van der Waals surface area contributed by atoms with Gasteiger partial charge in [0.05, 0.1) is 31.3 Å². The number of nitrogens with one attached hydrogen (secondary N) is 1. The van der Waals surface area contributed by atoms with E-state index >= 15 is 0 Å². The van der Waals surface area contributed by atoms with Crippen LogP contribution in [0.15, 0.2) is 48.6 Å². The second-order valence-electron chi connectivity index (χ2n) is 16.3. The van der Waals surface area contributed by atoms with Crippen LogP contribution in [-0.2, 0) is 4.79 Å². The molecule has 1 amide bonds. The Morgan fingerprint density at radius 1 is 0.473 bits per heavy atom. The second-order valence-corrected chi connectivity index (χ2v) is 16.3. The standard InChI is InChI=1S/C50H93NO4/c1-3-5-7-9-11-13-15-16-17-18-19-20-21-22-23-24-25-26-27-28-29-30-31-32-33-34-35-37-39-41-43-47(53)45-50(55)51-48(46-52)49(54)44-42-40-38-36-14-12-10-8-6-4-2/h6,8,14,22-23,36,42,44,47-49,52-54H,3-5,7,9-13,15-21,24-35,37-41,43,45-46H2,1-2H3,(H,51,55)/b8-6+,23-22-,36-14+,44-42+. The van der Waals surface area contributed by atoms with Crippen LogP contribution in [0.25, 0.3) is 0 Å². The normalized spacial score (nSPS) is 13.9. The van der Waals surface area contributed by atoms with Gasteiger partial charge in [0.25, 0.3) is 0 Å². The summed E-state index contributed by atoms with van der Waals surface area (Å²) in [6.07, 6.45) is 58.7. The SMILES string of the molecule is CC/C=C/CC/C=C/CC/C=C/C(O)C(CO)NC(=O)CC(O)CCCCCCCCCCCCCCCC/C=C\CCCCCCCCCCCCCC. The smallest absolute Gasteiger partial charge is 0.222 e. The molecule has 0 saturated heterocycles. The highest BCUT2D eigenvalue weighted by atomic mass is 16.3. The number of amides is 1. The van der Waals surface area contributed by atoms with Gasteiger partial charge in [0.15, 0.2) is 0 Å². The third-order valence-electron chi connectivity index (χ3n) is 10.8. The molecule has 0 saturated carbocycles. The molecule has 0 aromatic carbocycles. The van der Waals surface area contributed by atoms with E-state index in [9.17, 15) is 20.1 Å². The van der Waals surface area contributed by atoms with Crippen LogP contribution in [0.1, 0.15) is 239 Å². The first-order valence-electron chi connectivity index (χ1n) is 23.9. The Labute approximate surface area is 342 Å². The summed E-state index contributed by atoms with van der Waals surface area (Å²) in [5.41, 5.74) is 0. The highest BCUT2D eigenvalue weighted by Gasteiger charge is 2.20. The van der Waals surface area contributed by atoms with Crippen molar-refractivity contribution in [1.29, 1.82) is 0 Å². The Balaban J connectivity index is 3.52. The zero-order chi connectivity index (χ0) is 40.1. The minimum atomic E-state index is -0.958. The summed E-state index contributed by atoms with van der Waals surface area (Å²) in [6, 6.07) is -0.766. The molecule has 55 heavy (non-hydrogen) atoms. The average molecular weight is 772 g/mol. The molecule has 5 nitrogen and oxygen atoms in total. The molecule has 0 aromatic heterocycles. The van der Waals surface area contributed by atoms with Crippen molar-refractivity contribution in [2.75, 3.05) is 6.61 Å². The van der Waals surface area contributed by atoms with Gasteiger partial charge in [-0.05, 0) is 64.2 Å². The first kappa shape index (κ1) is 53.3. The summed E-state index contributed by atoms with van der Waals surface area (Å²) in [4.78, 5) is 12.4. The lowest BCUT2D eigenvalue weighted by atomic mass is 10.0. The third-order valence-corrected chi connectivity index (χ3v) is 10.8. The summed E-state index contributed by atoms with van der Waals surface area (Å²) in [6.45, 7) is 4.08. The molecule has 0 aliphatic rings. The maximum Gasteiger partial charge on any atom is 0.222 e. The van der Waals surface area contributed by atoms with E-state index in [0.29, 0.717) is 6.42 Å². The molecule has 0 rings (SSSR count). The number of hydrogen-bond donors (Lipinski definition) is 4. The van der Waals surface area contributed by atoms with Crippen LogP contribution in [0.5, 0.6) is 0 Å². The number of carbonyl (C=O) groups excluding carboxylic acids is 1. The van der Waals surface area contributed by atoms with Crippen molar-refractivity contribution in [2.45, 2.75) is 257 Å². The van der Waals surface area contributed by atoms with E-state index in [0.717, 1.165) is 44.9 Å². The molecule has 0 radical (unpaired) electrons. The maximum absolute atomic E-state index is 12.4. The molecule has 0 heterocycles. The predicted molar refractivity (Wildman–Crippen MR) is 241 cm³/mol. The van der Waals surface area contributed by atoms with Crippen molar-refractivity contribution in [3.8, 4) is 0 Å². The van der Waals surface area contributed by atoms with Gasteiger partial charge in [0, 0.05) is 0 Å². The van der Waals surface area contributed by atoms with E-state index in [1.807, 2.05) is 6.08 Å². The molecule has 4 N–H and O–H groups in total. The minimum Gasteiger partial charge on any atom is -0.394 e. The third kappa shape index (κ3) is 41.8.